The topological polar surface area (TPSA) is 13.0 Å². The van der Waals surface area contributed by atoms with Gasteiger partial charge >= 0.3 is 0 Å². The minimum atomic E-state index is 0.214. The van der Waals surface area contributed by atoms with Gasteiger partial charge in [-0.25, -0.2) is 0 Å². The highest BCUT2D eigenvalue weighted by Crippen LogP contribution is 2.49. The van der Waals surface area contributed by atoms with Crippen LogP contribution in [-0.2, 0) is 0 Å². The van der Waals surface area contributed by atoms with Gasteiger partial charge in [0.2, 0.25) is 0 Å². The van der Waals surface area contributed by atoms with Crippen molar-refractivity contribution in [2.45, 2.75) is 6.17 Å². The Hall–Kier alpha value is -2.36. The first-order valence-corrected chi connectivity index (χ1v) is 7.95. The molecule has 0 aromatic heterocycles. The third-order valence-corrected chi connectivity index (χ3v) is 4.63. The SMILES string of the molecule is CN(C)c1cccc(C2N(C)c3cccc(N(C)C)c3N2C)c1. The minimum Gasteiger partial charge on any atom is -0.378 e. The summed E-state index contributed by atoms with van der Waals surface area (Å²) in [4.78, 5) is 9.06. The number of rotatable bonds is 3. The molecule has 1 unspecified atom stereocenters. The Kier molecular flexibility index (Phi) is 3.84. The Bertz CT molecular complexity index is 708. The van der Waals surface area contributed by atoms with Gasteiger partial charge in [0, 0.05) is 48.0 Å². The van der Waals surface area contributed by atoms with Crippen LogP contribution in [0.4, 0.5) is 22.7 Å². The highest BCUT2D eigenvalue weighted by molar-refractivity contribution is 5.88. The molecule has 0 N–H and O–H groups in total. The van der Waals surface area contributed by atoms with Crippen molar-refractivity contribution in [3.05, 3.63) is 48.0 Å². The summed E-state index contributed by atoms with van der Waals surface area (Å²) < 4.78 is 0. The third kappa shape index (κ3) is 2.48. The van der Waals surface area contributed by atoms with E-state index in [4.69, 9.17) is 0 Å². The predicted octanol–water partition coefficient (Wildman–Crippen LogP) is 3.40. The highest BCUT2D eigenvalue weighted by atomic mass is 15.4. The quantitative estimate of drug-likeness (QED) is 0.861. The number of para-hydroxylation sites is 1. The zero-order valence-corrected chi connectivity index (χ0v) is 14.9. The van der Waals surface area contributed by atoms with E-state index in [1.54, 1.807) is 0 Å². The molecule has 0 bridgehead atoms. The van der Waals surface area contributed by atoms with Gasteiger partial charge in [0.15, 0.2) is 0 Å². The molecule has 122 valence electrons. The molecule has 0 saturated heterocycles. The van der Waals surface area contributed by atoms with E-state index in [9.17, 15) is 0 Å². The van der Waals surface area contributed by atoms with Crippen molar-refractivity contribution in [3.63, 3.8) is 0 Å². The lowest BCUT2D eigenvalue weighted by atomic mass is 10.1. The van der Waals surface area contributed by atoms with Crippen molar-refractivity contribution in [3.8, 4) is 0 Å². The van der Waals surface area contributed by atoms with Gasteiger partial charge in [0.1, 0.15) is 6.17 Å². The molecule has 1 aliphatic rings. The number of hydrogen-bond acceptors (Lipinski definition) is 4. The van der Waals surface area contributed by atoms with Crippen molar-refractivity contribution >= 4 is 22.7 Å². The van der Waals surface area contributed by atoms with Crippen LogP contribution in [0.2, 0.25) is 0 Å². The number of anilines is 4. The van der Waals surface area contributed by atoms with Gasteiger partial charge in [0.05, 0.1) is 17.1 Å². The summed E-state index contributed by atoms with van der Waals surface area (Å²) in [5.41, 5.74) is 6.36. The molecular weight excluding hydrogens is 284 g/mol. The van der Waals surface area contributed by atoms with Crippen LogP contribution >= 0.6 is 0 Å². The van der Waals surface area contributed by atoms with Crippen LogP contribution in [0.3, 0.4) is 0 Å². The van der Waals surface area contributed by atoms with Gasteiger partial charge in [0.25, 0.3) is 0 Å². The van der Waals surface area contributed by atoms with Crippen molar-refractivity contribution in [1.29, 1.82) is 0 Å². The summed E-state index contributed by atoms with van der Waals surface area (Å²) in [7, 11) is 12.7. The van der Waals surface area contributed by atoms with Crippen molar-refractivity contribution in [2.24, 2.45) is 0 Å². The summed E-state index contributed by atoms with van der Waals surface area (Å²) in [6, 6.07) is 15.3. The summed E-state index contributed by atoms with van der Waals surface area (Å²) in [6.45, 7) is 0. The second kappa shape index (κ2) is 5.69. The molecule has 1 aliphatic heterocycles. The van der Waals surface area contributed by atoms with Crippen LogP contribution in [-0.4, -0.2) is 42.3 Å². The summed E-state index contributed by atoms with van der Waals surface area (Å²) in [5, 5.41) is 0. The molecule has 0 aliphatic carbocycles. The van der Waals surface area contributed by atoms with E-state index in [1.807, 2.05) is 0 Å². The monoisotopic (exact) mass is 310 g/mol. The van der Waals surface area contributed by atoms with Gasteiger partial charge in [-0.15, -0.1) is 0 Å². The maximum absolute atomic E-state index is 2.37. The van der Waals surface area contributed by atoms with E-state index in [-0.39, 0.29) is 6.17 Å². The van der Waals surface area contributed by atoms with Crippen molar-refractivity contribution < 1.29 is 0 Å². The lowest BCUT2D eigenvalue weighted by Crippen LogP contribution is -2.31. The molecule has 1 heterocycles. The number of fused-ring (bicyclic) bond motifs is 1. The molecule has 0 amide bonds. The van der Waals surface area contributed by atoms with Crippen LogP contribution in [0.15, 0.2) is 42.5 Å². The minimum absolute atomic E-state index is 0.214. The largest absolute Gasteiger partial charge is 0.378 e. The van der Waals surface area contributed by atoms with Crippen LogP contribution in [0.25, 0.3) is 0 Å². The predicted molar refractivity (Wildman–Crippen MR) is 101 cm³/mol. The van der Waals surface area contributed by atoms with Crippen molar-refractivity contribution in [2.75, 3.05) is 61.9 Å². The van der Waals surface area contributed by atoms with E-state index < -0.39 is 0 Å². The van der Waals surface area contributed by atoms with E-state index >= 15 is 0 Å². The Morgan fingerprint density at radius 3 is 2.17 bits per heavy atom. The second-order valence-corrected chi connectivity index (χ2v) is 6.62. The molecule has 2 aromatic rings. The average molecular weight is 310 g/mol. The van der Waals surface area contributed by atoms with Gasteiger partial charge in [-0.2, -0.15) is 0 Å². The number of benzene rings is 2. The molecule has 3 rings (SSSR count). The van der Waals surface area contributed by atoms with Crippen LogP contribution in [0, 0.1) is 0 Å². The number of nitrogens with zero attached hydrogens (tertiary/aromatic N) is 4. The van der Waals surface area contributed by atoms with Gasteiger partial charge in [-0.1, -0.05) is 18.2 Å². The molecular formula is C19H26N4. The zero-order valence-electron chi connectivity index (χ0n) is 14.9. The Morgan fingerprint density at radius 2 is 1.52 bits per heavy atom. The molecule has 4 heteroatoms. The number of hydrogen-bond donors (Lipinski definition) is 0. The first kappa shape index (κ1) is 15.5. The molecule has 0 fully saturated rings. The molecule has 4 nitrogen and oxygen atoms in total. The maximum Gasteiger partial charge on any atom is 0.128 e. The Labute approximate surface area is 139 Å². The van der Waals surface area contributed by atoms with Crippen LogP contribution < -0.4 is 19.6 Å². The first-order valence-electron chi connectivity index (χ1n) is 7.95. The molecule has 0 saturated carbocycles. The van der Waals surface area contributed by atoms with Gasteiger partial charge in [-0.05, 0) is 29.8 Å². The average Bonchev–Trinajstić information content (AvgIpc) is 2.79. The maximum atomic E-state index is 2.37. The second-order valence-electron chi connectivity index (χ2n) is 6.62. The Balaban J connectivity index is 2.07. The molecule has 23 heavy (non-hydrogen) atoms. The highest BCUT2D eigenvalue weighted by Gasteiger charge is 2.34. The lowest BCUT2D eigenvalue weighted by molar-refractivity contribution is 0.694. The smallest absolute Gasteiger partial charge is 0.128 e. The molecule has 2 aromatic carbocycles. The van der Waals surface area contributed by atoms with E-state index in [0.717, 1.165) is 0 Å². The first-order chi connectivity index (χ1) is 10.9. The van der Waals surface area contributed by atoms with Crippen molar-refractivity contribution in [1.82, 2.24) is 0 Å². The van der Waals surface area contributed by atoms with Crippen LogP contribution in [0.5, 0.6) is 0 Å². The fourth-order valence-electron chi connectivity index (χ4n) is 3.45. The zero-order chi connectivity index (χ0) is 16.7. The van der Waals surface area contributed by atoms with E-state index in [1.165, 1.54) is 28.3 Å². The normalized spacial score (nSPS) is 16.5. The fraction of sp³-hybridized carbons (Fsp3) is 0.368. The lowest BCUT2D eigenvalue weighted by Gasteiger charge is -2.29. The van der Waals surface area contributed by atoms with Crippen LogP contribution in [0.1, 0.15) is 11.7 Å². The van der Waals surface area contributed by atoms with E-state index in [2.05, 4.69) is 104 Å². The summed E-state index contributed by atoms with van der Waals surface area (Å²) in [5.74, 6) is 0. The summed E-state index contributed by atoms with van der Waals surface area (Å²) >= 11 is 0. The van der Waals surface area contributed by atoms with Gasteiger partial charge < -0.3 is 19.6 Å². The summed E-state index contributed by atoms with van der Waals surface area (Å²) in [6.07, 6.45) is 0.214. The standard InChI is InChI=1S/C19H26N4/c1-20(2)15-10-7-9-14(13-15)19-22(5)17-12-8-11-16(21(3)4)18(17)23(19)6/h7-13,19H,1-6H3. The fourth-order valence-corrected chi connectivity index (χ4v) is 3.45. The molecule has 0 radical (unpaired) electrons. The third-order valence-electron chi connectivity index (χ3n) is 4.63. The van der Waals surface area contributed by atoms with E-state index in [0.29, 0.717) is 0 Å². The molecule has 0 spiro atoms. The molecule has 1 atom stereocenters. The van der Waals surface area contributed by atoms with Gasteiger partial charge in [-0.3, -0.25) is 0 Å². The Morgan fingerprint density at radius 1 is 0.826 bits per heavy atom.